The van der Waals surface area contributed by atoms with Crippen LogP contribution >= 0.6 is 0 Å². The molecular weight excluding hydrogens is 248 g/mol. The molecule has 2 saturated carbocycles. The van der Waals surface area contributed by atoms with Crippen LogP contribution in [0.25, 0.3) is 0 Å². The molecule has 0 aromatic heterocycles. The van der Waals surface area contributed by atoms with Gasteiger partial charge in [0.05, 0.1) is 0 Å². The number of hydrogen-bond donors (Lipinski definition) is 1. The summed E-state index contributed by atoms with van der Waals surface area (Å²) >= 11 is 0. The maximum absolute atomic E-state index is 12.8. The summed E-state index contributed by atoms with van der Waals surface area (Å²) in [6, 6.07) is 0.454. The Morgan fingerprint density at radius 3 is 2.75 bits per heavy atom. The average Bonchev–Trinajstić information content (AvgIpc) is 3.08. The van der Waals surface area contributed by atoms with Crippen LogP contribution in [0.5, 0.6) is 0 Å². The number of carbonyl (C=O) groups excluding carboxylic acids is 1. The molecule has 3 fully saturated rings. The lowest BCUT2D eigenvalue weighted by atomic mass is 9.86. The lowest BCUT2D eigenvalue weighted by Crippen LogP contribution is -2.49. The summed E-state index contributed by atoms with van der Waals surface area (Å²) in [4.78, 5) is 15.0. The zero-order valence-corrected chi connectivity index (χ0v) is 12.9. The van der Waals surface area contributed by atoms with Crippen molar-refractivity contribution in [3.8, 4) is 0 Å². The topological polar surface area (TPSA) is 32.3 Å². The van der Waals surface area contributed by atoms with Crippen LogP contribution in [0.1, 0.15) is 58.3 Å². The van der Waals surface area contributed by atoms with Crippen LogP contribution in [0.3, 0.4) is 0 Å². The molecule has 3 aliphatic rings. The van der Waals surface area contributed by atoms with Crippen molar-refractivity contribution in [2.75, 3.05) is 19.6 Å². The van der Waals surface area contributed by atoms with Gasteiger partial charge in [-0.05, 0) is 62.8 Å². The second kappa shape index (κ2) is 6.46. The summed E-state index contributed by atoms with van der Waals surface area (Å²) in [5.41, 5.74) is 0. The summed E-state index contributed by atoms with van der Waals surface area (Å²) < 4.78 is 0. The molecule has 0 aromatic rings. The summed E-state index contributed by atoms with van der Waals surface area (Å²) in [5, 5.41) is 3.46. The van der Waals surface area contributed by atoms with E-state index in [1.54, 1.807) is 0 Å². The van der Waals surface area contributed by atoms with Crippen molar-refractivity contribution in [3.05, 3.63) is 0 Å². The van der Waals surface area contributed by atoms with E-state index in [1.165, 1.54) is 38.5 Å². The Kier molecular flexibility index (Phi) is 4.65. The van der Waals surface area contributed by atoms with Crippen LogP contribution in [-0.2, 0) is 4.79 Å². The summed E-state index contributed by atoms with van der Waals surface area (Å²) in [7, 11) is 0. The van der Waals surface area contributed by atoms with Crippen LogP contribution < -0.4 is 5.32 Å². The summed E-state index contributed by atoms with van der Waals surface area (Å²) in [6.07, 6.45) is 9.89. The SMILES string of the molecule is CCCN(C(=O)CC1CC2CCC1C2)C1CCCNC1. The normalized spacial score (nSPS) is 36.2. The fraction of sp³-hybridized carbons (Fsp3) is 0.941. The first kappa shape index (κ1) is 14.4. The molecule has 2 bridgehead atoms. The van der Waals surface area contributed by atoms with E-state index < -0.39 is 0 Å². The van der Waals surface area contributed by atoms with Gasteiger partial charge in [-0.2, -0.15) is 0 Å². The number of rotatable bonds is 5. The minimum Gasteiger partial charge on any atom is -0.338 e. The van der Waals surface area contributed by atoms with Crippen molar-refractivity contribution in [1.82, 2.24) is 10.2 Å². The maximum atomic E-state index is 12.8. The minimum atomic E-state index is 0.443. The molecule has 1 heterocycles. The molecule has 0 radical (unpaired) electrons. The van der Waals surface area contributed by atoms with Crippen molar-refractivity contribution >= 4 is 5.91 Å². The highest BCUT2D eigenvalue weighted by molar-refractivity contribution is 5.77. The van der Waals surface area contributed by atoms with Crippen LogP contribution in [0, 0.1) is 17.8 Å². The van der Waals surface area contributed by atoms with Gasteiger partial charge in [0.2, 0.25) is 5.91 Å². The number of carbonyl (C=O) groups is 1. The third-order valence-electron chi connectivity index (χ3n) is 5.82. The molecule has 2 aliphatic carbocycles. The molecule has 1 amide bonds. The lowest BCUT2D eigenvalue weighted by Gasteiger charge is -2.36. The third kappa shape index (κ3) is 3.03. The predicted octanol–water partition coefficient (Wildman–Crippen LogP) is 2.80. The second-order valence-corrected chi connectivity index (χ2v) is 7.23. The number of amides is 1. The van der Waals surface area contributed by atoms with Gasteiger partial charge in [-0.3, -0.25) is 4.79 Å². The fourth-order valence-corrected chi connectivity index (χ4v) is 4.82. The smallest absolute Gasteiger partial charge is 0.223 e. The molecule has 3 heteroatoms. The van der Waals surface area contributed by atoms with Gasteiger partial charge in [0.15, 0.2) is 0 Å². The fourth-order valence-electron chi connectivity index (χ4n) is 4.82. The van der Waals surface area contributed by atoms with Crippen LogP contribution in [0.15, 0.2) is 0 Å². The molecule has 3 rings (SSSR count). The van der Waals surface area contributed by atoms with E-state index in [4.69, 9.17) is 0 Å². The molecule has 0 spiro atoms. The van der Waals surface area contributed by atoms with E-state index >= 15 is 0 Å². The molecule has 3 nitrogen and oxygen atoms in total. The van der Waals surface area contributed by atoms with Gasteiger partial charge in [-0.15, -0.1) is 0 Å². The van der Waals surface area contributed by atoms with E-state index in [2.05, 4.69) is 17.1 Å². The Balaban J connectivity index is 1.57. The highest BCUT2D eigenvalue weighted by Gasteiger charge is 2.41. The molecule has 1 aliphatic heterocycles. The minimum absolute atomic E-state index is 0.443. The molecule has 0 aromatic carbocycles. The Morgan fingerprint density at radius 1 is 1.25 bits per heavy atom. The van der Waals surface area contributed by atoms with Crippen LogP contribution in [0.2, 0.25) is 0 Å². The highest BCUT2D eigenvalue weighted by atomic mass is 16.2. The Labute approximate surface area is 123 Å². The first-order valence-corrected chi connectivity index (χ1v) is 8.78. The molecular formula is C17H30N2O. The molecule has 20 heavy (non-hydrogen) atoms. The molecule has 4 unspecified atom stereocenters. The van der Waals surface area contributed by atoms with Gasteiger partial charge in [-0.25, -0.2) is 0 Å². The van der Waals surface area contributed by atoms with Gasteiger partial charge in [0.1, 0.15) is 0 Å². The lowest BCUT2D eigenvalue weighted by molar-refractivity contribution is -0.135. The van der Waals surface area contributed by atoms with Gasteiger partial charge in [0, 0.05) is 25.6 Å². The van der Waals surface area contributed by atoms with Crippen molar-refractivity contribution < 1.29 is 4.79 Å². The number of nitrogens with one attached hydrogen (secondary N) is 1. The molecule has 1 saturated heterocycles. The molecule has 4 atom stereocenters. The van der Waals surface area contributed by atoms with E-state index in [1.807, 2.05) is 0 Å². The van der Waals surface area contributed by atoms with E-state index in [0.29, 0.717) is 17.9 Å². The first-order chi connectivity index (χ1) is 9.78. The van der Waals surface area contributed by atoms with E-state index in [-0.39, 0.29) is 0 Å². The first-order valence-electron chi connectivity index (χ1n) is 8.78. The second-order valence-electron chi connectivity index (χ2n) is 7.23. The van der Waals surface area contributed by atoms with E-state index in [0.717, 1.165) is 44.3 Å². The van der Waals surface area contributed by atoms with Crippen molar-refractivity contribution in [3.63, 3.8) is 0 Å². The maximum Gasteiger partial charge on any atom is 0.223 e. The molecule has 114 valence electrons. The Morgan fingerprint density at radius 2 is 2.15 bits per heavy atom. The Bertz CT molecular complexity index is 338. The predicted molar refractivity (Wildman–Crippen MR) is 81.5 cm³/mol. The largest absolute Gasteiger partial charge is 0.338 e. The van der Waals surface area contributed by atoms with Crippen LogP contribution in [0.4, 0.5) is 0 Å². The van der Waals surface area contributed by atoms with Gasteiger partial charge in [-0.1, -0.05) is 13.3 Å². The quantitative estimate of drug-likeness (QED) is 0.838. The highest BCUT2D eigenvalue weighted by Crippen LogP contribution is 2.49. The summed E-state index contributed by atoms with van der Waals surface area (Å²) in [6.45, 7) is 5.26. The summed E-state index contributed by atoms with van der Waals surface area (Å²) in [5.74, 6) is 2.97. The van der Waals surface area contributed by atoms with Crippen molar-refractivity contribution in [2.24, 2.45) is 17.8 Å². The Hall–Kier alpha value is -0.570. The zero-order chi connectivity index (χ0) is 13.9. The van der Waals surface area contributed by atoms with E-state index in [9.17, 15) is 4.79 Å². The van der Waals surface area contributed by atoms with Gasteiger partial charge in [0.25, 0.3) is 0 Å². The molecule has 1 N–H and O–H groups in total. The zero-order valence-electron chi connectivity index (χ0n) is 12.9. The van der Waals surface area contributed by atoms with Gasteiger partial charge >= 0.3 is 0 Å². The average molecular weight is 278 g/mol. The number of hydrogen-bond acceptors (Lipinski definition) is 2. The number of piperidine rings is 1. The third-order valence-corrected chi connectivity index (χ3v) is 5.82. The standard InChI is InChI=1S/C17H30N2O/c1-2-8-19(16-4-3-7-18-12-16)17(20)11-15-10-13-5-6-14(15)9-13/h13-16,18H,2-12H2,1H3. The number of fused-ring (bicyclic) bond motifs is 2. The van der Waals surface area contributed by atoms with Crippen molar-refractivity contribution in [1.29, 1.82) is 0 Å². The van der Waals surface area contributed by atoms with Gasteiger partial charge < -0.3 is 10.2 Å². The number of nitrogens with zero attached hydrogens (tertiary/aromatic N) is 1. The van der Waals surface area contributed by atoms with Crippen LogP contribution in [-0.4, -0.2) is 36.5 Å². The monoisotopic (exact) mass is 278 g/mol. The van der Waals surface area contributed by atoms with Crippen molar-refractivity contribution in [2.45, 2.75) is 64.3 Å².